The molecular weight excluding hydrogens is 372 g/mol. The van der Waals surface area contributed by atoms with Gasteiger partial charge in [0, 0.05) is 16.8 Å². The van der Waals surface area contributed by atoms with Crippen molar-refractivity contribution in [3.8, 4) is 16.9 Å². The number of anilines is 1. The molecule has 0 saturated carbocycles. The molecule has 0 saturated heterocycles. The van der Waals surface area contributed by atoms with Gasteiger partial charge < -0.3 is 10.1 Å². The monoisotopic (exact) mass is 392 g/mol. The van der Waals surface area contributed by atoms with Crippen LogP contribution in [0.4, 0.5) is 10.6 Å². The SMILES string of the molecule is COc1ccc(-c2ccc3c(NC(=O)NCCc4cccs4)n[nH]c3c2)cc1. The first kappa shape index (κ1) is 18.1. The minimum absolute atomic E-state index is 0.260. The van der Waals surface area contributed by atoms with Gasteiger partial charge in [-0.3, -0.25) is 10.4 Å². The molecule has 7 heteroatoms. The zero-order valence-corrected chi connectivity index (χ0v) is 16.2. The number of aromatic nitrogens is 2. The lowest BCUT2D eigenvalue weighted by molar-refractivity contribution is 0.252. The maximum absolute atomic E-state index is 12.1. The van der Waals surface area contributed by atoms with Crippen molar-refractivity contribution in [2.24, 2.45) is 0 Å². The topological polar surface area (TPSA) is 79.0 Å². The molecule has 6 nitrogen and oxygen atoms in total. The summed E-state index contributed by atoms with van der Waals surface area (Å²) >= 11 is 1.69. The molecule has 0 aliphatic carbocycles. The lowest BCUT2D eigenvalue weighted by Crippen LogP contribution is -2.30. The average Bonchev–Trinajstić information content (AvgIpc) is 3.38. The van der Waals surface area contributed by atoms with Crippen LogP contribution in [0.5, 0.6) is 5.75 Å². The van der Waals surface area contributed by atoms with Gasteiger partial charge in [0.05, 0.1) is 12.6 Å². The van der Waals surface area contributed by atoms with Crippen LogP contribution in [0, 0.1) is 0 Å². The Morgan fingerprint density at radius 1 is 1.14 bits per heavy atom. The van der Waals surface area contributed by atoms with Crippen molar-refractivity contribution < 1.29 is 9.53 Å². The van der Waals surface area contributed by atoms with E-state index in [0.717, 1.165) is 34.2 Å². The normalized spacial score (nSPS) is 10.8. The minimum atomic E-state index is -0.260. The first-order chi connectivity index (χ1) is 13.7. The number of benzene rings is 2. The van der Waals surface area contributed by atoms with Crippen LogP contribution in [-0.2, 0) is 6.42 Å². The predicted octanol–water partition coefficient (Wildman–Crippen LogP) is 4.66. The molecule has 2 amide bonds. The van der Waals surface area contributed by atoms with Crippen molar-refractivity contribution in [2.75, 3.05) is 19.0 Å². The van der Waals surface area contributed by atoms with E-state index in [4.69, 9.17) is 4.74 Å². The van der Waals surface area contributed by atoms with Gasteiger partial charge in [0.15, 0.2) is 5.82 Å². The van der Waals surface area contributed by atoms with Gasteiger partial charge in [0.2, 0.25) is 0 Å². The van der Waals surface area contributed by atoms with Crippen molar-refractivity contribution in [3.05, 3.63) is 64.9 Å². The Morgan fingerprint density at radius 3 is 2.71 bits per heavy atom. The number of thiophene rings is 1. The Kier molecular flexibility index (Phi) is 5.25. The average molecular weight is 392 g/mol. The van der Waals surface area contributed by atoms with Gasteiger partial charge in [-0.05, 0) is 53.3 Å². The van der Waals surface area contributed by atoms with Gasteiger partial charge in [0.25, 0.3) is 0 Å². The van der Waals surface area contributed by atoms with Crippen LogP contribution in [0.25, 0.3) is 22.0 Å². The van der Waals surface area contributed by atoms with Crippen LogP contribution in [0.3, 0.4) is 0 Å². The third-order valence-electron chi connectivity index (χ3n) is 4.46. The Balaban J connectivity index is 1.43. The van der Waals surface area contributed by atoms with E-state index in [2.05, 4.69) is 26.9 Å². The zero-order valence-electron chi connectivity index (χ0n) is 15.4. The molecule has 0 aliphatic rings. The summed E-state index contributed by atoms with van der Waals surface area (Å²) in [5.41, 5.74) is 3.01. The van der Waals surface area contributed by atoms with Crippen LogP contribution in [0.15, 0.2) is 60.0 Å². The molecule has 0 bridgehead atoms. The number of methoxy groups -OCH3 is 1. The van der Waals surface area contributed by atoms with Gasteiger partial charge in [-0.2, -0.15) is 5.10 Å². The molecule has 2 aromatic heterocycles. The van der Waals surface area contributed by atoms with E-state index in [0.29, 0.717) is 12.4 Å². The summed E-state index contributed by atoms with van der Waals surface area (Å²) < 4.78 is 5.20. The molecule has 2 aromatic carbocycles. The Bertz CT molecular complexity index is 1070. The highest BCUT2D eigenvalue weighted by atomic mass is 32.1. The molecular formula is C21H20N4O2S. The standard InChI is InChI=1S/C21H20N4O2S/c1-27-16-7-4-14(5-8-16)15-6-9-18-19(13-15)24-25-20(18)23-21(26)22-11-10-17-3-2-12-28-17/h2-9,12-13H,10-11H2,1H3,(H3,22,23,24,25,26). The Morgan fingerprint density at radius 2 is 1.96 bits per heavy atom. The Hall–Kier alpha value is -3.32. The van der Waals surface area contributed by atoms with Crippen LogP contribution < -0.4 is 15.4 Å². The molecule has 0 aliphatic heterocycles. The summed E-state index contributed by atoms with van der Waals surface area (Å²) in [6.45, 7) is 0.580. The summed E-state index contributed by atoms with van der Waals surface area (Å²) in [4.78, 5) is 13.4. The fourth-order valence-corrected chi connectivity index (χ4v) is 3.69. The van der Waals surface area contributed by atoms with Crippen molar-refractivity contribution in [2.45, 2.75) is 6.42 Å². The summed E-state index contributed by atoms with van der Waals surface area (Å²) in [6, 6.07) is 17.7. The smallest absolute Gasteiger partial charge is 0.320 e. The third-order valence-corrected chi connectivity index (χ3v) is 5.39. The fraction of sp³-hybridized carbons (Fsp3) is 0.143. The summed E-state index contributed by atoms with van der Waals surface area (Å²) in [6.07, 6.45) is 0.817. The largest absolute Gasteiger partial charge is 0.497 e. The molecule has 4 aromatic rings. The molecule has 3 N–H and O–H groups in total. The van der Waals surface area contributed by atoms with E-state index in [1.165, 1.54) is 4.88 Å². The number of urea groups is 1. The van der Waals surface area contributed by atoms with E-state index in [9.17, 15) is 4.79 Å². The van der Waals surface area contributed by atoms with Crippen molar-refractivity contribution in [1.82, 2.24) is 15.5 Å². The number of hydrogen-bond donors (Lipinski definition) is 3. The van der Waals surface area contributed by atoms with Crippen LogP contribution >= 0.6 is 11.3 Å². The summed E-state index contributed by atoms with van der Waals surface area (Å²) in [5.74, 6) is 1.34. The predicted molar refractivity (Wildman–Crippen MR) is 113 cm³/mol. The van der Waals surface area contributed by atoms with Crippen molar-refractivity contribution >= 4 is 34.1 Å². The number of aromatic amines is 1. The maximum Gasteiger partial charge on any atom is 0.320 e. The van der Waals surface area contributed by atoms with E-state index < -0.39 is 0 Å². The van der Waals surface area contributed by atoms with Crippen LogP contribution in [-0.4, -0.2) is 29.9 Å². The number of nitrogens with one attached hydrogen (secondary N) is 3. The molecule has 4 rings (SSSR count). The highest BCUT2D eigenvalue weighted by Crippen LogP contribution is 2.28. The molecule has 0 atom stereocenters. The number of H-pyrrole nitrogens is 1. The van der Waals surface area contributed by atoms with Crippen molar-refractivity contribution in [3.63, 3.8) is 0 Å². The van der Waals surface area contributed by atoms with Gasteiger partial charge in [-0.15, -0.1) is 11.3 Å². The first-order valence-electron chi connectivity index (χ1n) is 8.93. The Labute approximate surface area is 166 Å². The number of hydrogen-bond acceptors (Lipinski definition) is 4. The highest BCUT2D eigenvalue weighted by Gasteiger charge is 2.10. The second-order valence-corrected chi connectivity index (χ2v) is 7.30. The molecule has 28 heavy (non-hydrogen) atoms. The fourth-order valence-electron chi connectivity index (χ4n) is 2.98. The highest BCUT2D eigenvalue weighted by molar-refractivity contribution is 7.09. The molecule has 0 unspecified atom stereocenters. The minimum Gasteiger partial charge on any atom is -0.497 e. The number of rotatable bonds is 6. The number of carbonyl (C=O) groups is 1. The number of ether oxygens (including phenoxy) is 1. The quantitative estimate of drug-likeness (QED) is 0.446. The third kappa shape index (κ3) is 3.99. The van der Waals surface area contributed by atoms with E-state index in [1.807, 2.05) is 53.9 Å². The molecule has 0 spiro atoms. The first-order valence-corrected chi connectivity index (χ1v) is 9.81. The van der Waals surface area contributed by atoms with Crippen LogP contribution in [0.2, 0.25) is 0 Å². The second-order valence-electron chi connectivity index (χ2n) is 6.27. The lowest BCUT2D eigenvalue weighted by Gasteiger charge is -2.06. The second kappa shape index (κ2) is 8.14. The number of nitrogens with zero attached hydrogens (tertiary/aromatic N) is 1. The molecule has 2 heterocycles. The van der Waals surface area contributed by atoms with Gasteiger partial charge in [-0.1, -0.05) is 24.3 Å². The molecule has 0 radical (unpaired) electrons. The van der Waals surface area contributed by atoms with Gasteiger partial charge >= 0.3 is 6.03 Å². The van der Waals surface area contributed by atoms with Crippen molar-refractivity contribution in [1.29, 1.82) is 0 Å². The number of amides is 2. The summed E-state index contributed by atoms with van der Waals surface area (Å²) in [7, 11) is 1.65. The number of fused-ring (bicyclic) bond motifs is 1. The lowest BCUT2D eigenvalue weighted by atomic mass is 10.0. The zero-order chi connectivity index (χ0) is 19.3. The number of carbonyl (C=O) groups excluding carboxylic acids is 1. The van der Waals surface area contributed by atoms with E-state index in [-0.39, 0.29) is 6.03 Å². The maximum atomic E-state index is 12.1. The van der Waals surface area contributed by atoms with Crippen LogP contribution in [0.1, 0.15) is 4.88 Å². The summed E-state index contributed by atoms with van der Waals surface area (Å²) in [5, 5.41) is 15.8. The molecule has 142 valence electrons. The van der Waals surface area contributed by atoms with E-state index >= 15 is 0 Å². The van der Waals surface area contributed by atoms with Gasteiger partial charge in [-0.25, -0.2) is 4.79 Å². The molecule has 0 fully saturated rings. The van der Waals surface area contributed by atoms with E-state index in [1.54, 1.807) is 18.4 Å². The van der Waals surface area contributed by atoms with Gasteiger partial charge in [0.1, 0.15) is 5.75 Å².